The standard InChI is InChI=1S/C16H25FN2/c1-3-18-13(2)10-15-8-9-19(12-15)11-14-4-6-16(17)7-5-14/h4-7,13,15,18H,3,8-12H2,1-2H3. The fourth-order valence-electron chi connectivity index (χ4n) is 3.03. The minimum absolute atomic E-state index is 0.150. The molecule has 1 aliphatic rings. The summed E-state index contributed by atoms with van der Waals surface area (Å²) >= 11 is 0. The summed E-state index contributed by atoms with van der Waals surface area (Å²) < 4.78 is 12.9. The molecule has 0 saturated carbocycles. The fraction of sp³-hybridized carbons (Fsp3) is 0.625. The van der Waals surface area contributed by atoms with Crippen molar-refractivity contribution in [1.29, 1.82) is 0 Å². The van der Waals surface area contributed by atoms with Crippen molar-refractivity contribution in [2.75, 3.05) is 19.6 Å². The second kappa shape index (κ2) is 7.01. The first kappa shape index (κ1) is 14.5. The van der Waals surface area contributed by atoms with E-state index in [4.69, 9.17) is 0 Å². The Balaban J connectivity index is 1.77. The maximum atomic E-state index is 12.9. The monoisotopic (exact) mass is 264 g/mol. The van der Waals surface area contributed by atoms with Crippen LogP contribution in [0.2, 0.25) is 0 Å². The number of hydrogen-bond acceptors (Lipinski definition) is 2. The highest BCUT2D eigenvalue weighted by molar-refractivity contribution is 5.16. The number of hydrogen-bond donors (Lipinski definition) is 1. The highest BCUT2D eigenvalue weighted by Gasteiger charge is 2.23. The zero-order chi connectivity index (χ0) is 13.7. The molecular formula is C16H25FN2. The van der Waals surface area contributed by atoms with Gasteiger partial charge in [0.2, 0.25) is 0 Å². The van der Waals surface area contributed by atoms with Gasteiger partial charge in [0, 0.05) is 19.1 Å². The first-order chi connectivity index (χ1) is 9.17. The predicted molar refractivity (Wildman–Crippen MR) is 77.5 cm³/mol. The smallest absolute Gasteiger partial charge is 0.123 e. The lowest BCUT2D eigenvalue weighted by molar-refractivity contribution is 0.306. The van der Waals surface area contributed by atoms with Gasteiger partial charge in [0.05, 0.1) is 0 Å². The second-order valence-electron chi connectivity index (χ2n) is 5.71. The van der Waals surface area contributed by atoms with Crippen molar-refractivity contribution >= 4 is 0 Å². The van der Waals surface area contributed by atoms with Crippen molar-refractivity contribution in [1.82, 2.24) is 10.2 Å². The van der Waals surface area contributed by atoms with Gasteiger partial charge in [-0.25, -0.2) is 4.39 Å². The maximum Gasteiger partial charge on any atom is 0.123 e. The molecule has 2 unspecified atom stereocenters. The summed E-state index contributed by atoms with van der Waals surface area (Å²) in [6.45, 7) is 8.77. The van der Waals surface area contributed by atoms with Crippen LogP contribution in [-0.4, -0.2) is 30.6 Å². The van der Waals surface area contributed by atoms with Crippen molar-refractivity contribution in [3.63, 3.8) is 0 Å². The van der Waals surface area contributed by atoms with E-state index in [1.807, 2.05) is 12.1 Å². The van der Waals surface area contributed by atoms with Crippen LogP contribution in [-0.2, 0) is 6.54 Å². The summed E-state index contributed by atoms with van der Waals surface area (Å²) in [5.41, 5.74) is 1.21. The molecule has 0 aromatic heterocycles. The first-order valence-electron chi connectivity index (χ1n) is 7.37. The summed E-state index contributed by atoms with van der Waals surface area (Å²) in [6.07, 6.45) is 2.55. The van der Waals surface area contributed by atoms with Gasteiger partial charge in [0.1, 0.15) is 5.82 Å². The van der Waals surface area contributed by atoms with Crippen LogP contribution in [0, 0.1) is 11.7 Å². The lowest BCUT2D eigenvalue weighted by Gasteiger charge is -2.19. The summed E-state index contributed by atoms with van der Waals surface area (Å²) in [7, 11) is 0. The topological polar surface area (TPSA) is 15.3 Å². The average Bonchev–Trinajstić information content (AvgIpc) is 2.80. The Morgan fingerprint density at radius 2 is 2.11 bits per heavy atom. The SMILES string of the molecule is CCNC(C)CC1CCN(Cc2ccc(F)cc2)C1. The fourth-order valence-corrected chi connectivity index (χ4v) is 3.03. The molecule has 1 heterocycles. The number of nitrogens with zero attached hydrogens (tertiary/aromatic N) is 1. The van der Waals surface area contributed by atoms with E-state index in [1.165, 1.54) is 31.5 Å². The van der Waals surface area contributed by atoms with E-state index < -0.39 is 0 Å². The molecule has 1 aromatic rings. The quantitative estimate of drug-likeness (QED) is 0.849. The van der Waals surface area contributed by atoms with Crippen molar-refractivity contribution in [3.8, 4) is 0 Å². The van der Waals surface area contributed by atoms with Crippen LogP contribution >= 0.6 is 0 Å². The third-order valence-corrected chi connectivity index (χ3v) is 3.93. The third kappa shape index (κ3) is 4.59. The van der Waals surface area contributed by atoms with Crippen molar-refractivity contribution in [2.45, 2.75) is 39.3 Å². The van der Waals surface area contributed by atoms with Crippen molar-refractivity contribution in [2.24, 2.45) is 5.92 Å². The Kier molecular flexibility index (Phi) is 5.34. The molecule has 0 spiro atoms. The molecule has 1 aliphatic heterocycles. The highest BCUT2D eigenvalue weighted by atomic mass is 19.1. The minimum Gasteiger partial charge on any atom is -0.315 e. The Labute approximate surface area is 116 Å². The molecule has 0 radical (unpaired) electrons. The Morgan fingerprint density at radius 3 is 2.79 bits per heavy atom. The Bertz CT molecular complexity index is 377. The van der Waals surface area contributed by atoms with Crippen LogP contribution in [0.1, 0.15) is 32.3 Å². The molecule has 19 heavy (non-hydrogen) atoms. The molecule has 2 nitrogen and oxygen atoms in total. The van der Waals surface area contributed by atoms with Gasteiger partial charge in [-0.3, -0.25) is 4.90 Å². The highest BCUT2D eigenvalue weighted by Crippen LogP contribution is 2.22. The Hall–Kier alpha value is -0.930. The van der Waals surface area contributed by atoms with Gasteiger partial charge >= 0.3 is 0 Å². The average molecular weight is 264 g/mol. The van der Waals surface area contributed by atoms with Gasteiger partial charge in [0.15, 0.2) is 0 Å². The van der Waals surface area contributed by atoms with E-state index in [-0.39, 0.29) is 5.82 Å². The maximum absolute atomic E-state index is 12.9. The van der Waals surface area contributed by atoms with Crippen LogP contribution in [0.4, 0.5) is 4.39 Å². The second-order valence-corrected chi connectivity index (χ2v) is 5.71. The molecule has 3 heteroatoms. The molecule has 2 rings (SSSR count). The Morgan fingerprint density at radius 1 is 1.37 bits per heavy atom. The van der Waals surface area contributed by atoms with Gasteiger partial charge in [-0.05, 0) is 56.5 Å². The molecule has 0 bridgehead atoms. The number of nitrogens with one attached hydrogen (secondary N) is 1. The summed E-state index contributed by atoms with van der Waals surface area (Å²) in [5.74, 6) is 0.650. The van der Waals surface area contributed by atoms with Crippen LogP contribution in [0.15, 0.2) is 24.3 Å². The van der Waals surface area contributed by atoms with Crippen molar-refractivity contribution < 1.29 is 4.39 Å². The third-order valence-electron chi connectivity index (χ3n) is 3.93. The lowest BCUT2D eigenvalue weighted by Crippen LogP contribution is -2.29. The van der Waals surface area contributed by atoms with E-state index in [0.717, 1.165) is 19.0 Å². The van der Waals surface area contributed by atoms with Gasteiger partial charge in [-0.2, -0.15) is 0 Å². The zero-order valence-corrected chi connectivity index (χ0v) is 12.0. The largest absolute Gasteiger partial charge is 0.315 e. The number of rotatable bonds is 6. The zero-order valence-electron chi connectivity index (χ0n) is 12.0. The molecule has 1 fully saturated rings. The molecule has 1 N–H and O–H groups in total. The van der Waals surface area contributed by atoms with Gasteiger partial charge < -0.3 is 5.32 Å². The summed E-state index contributed by atoms with van der Waals surface area (Å²) in [5, 5.41) is 3.48. The molecule has 106 valence electrons. The van der Waals surface area contributed by atoms with E-state index in [0.29, 0.717) is 6.04 Å². The molecule has 1 saturated heterocycles. The first-order valence-corrected chi connectivity index (χ1v) is 7.37. The van der Waals surface area contributed by atoms with Gasteiger partial charge in [-0.1, -0.05) is 19.1 Å². The number of likely N-dealkylation sites (tertiary alicyclic amines) is 1. The number of benzene rings is 1. The van der Waals surface area contributed by atoms with E-state index in [1.54, 1.807) is 12.1 Å². The van der Waals surface area contributed by atoms with Crippen LogP contribution in [0.25, 0.3) is 0 Å². The molecule has 0 aliphatic carbocycles. The van der Waals surface area contributed by atoms with Gasteiger partial charge in [-0.15, -0.1) is 0 Å². The minimum atomic E-state index is -0.150. The number of halogens is 1. The van der Waals surface area contributed by atoms with E-state index >= 15 is 0 Å². The van der Waals surface area contributed by atoms with Gasteiger partial charge in [0.25, 0.3) is 0 Å². The summed E-state index contributed by atoms with van der Waals surface area (Å²) in [4.78, 5) is 2.48. The van der Waals surface area contributed by atoms with Crippen LogP contribution in [0.5, 0.6) is 0 Å². The normalized spacial score (nSPS) is 21.7. The van der Waals surface area contributed by atoms with Crippen molar-refractivity contribution in [3.05, 3.63) is 35.6 Å². The molecule has 1 aromatic carbocycles. The van der Waals surface area contributed by atoms with Crippen LogP contribution in [0.3, 0.4) is 0 Å². The lowest BCUT2D eigenvalue weighted by atomic mass is 10.0. The summed E-state index contributed by atoms with van der Waals surface area (Å²) in [6, 6.07) is 7.50. The van der Waals surface area contributed by atoms with E-state index in [2.05, 4.69) is 24.1 Å². The van der Waals surface area contributed by atoms with Crippen LogP contribution < -0.4 is 5.32 Å². The van der Waals surface area contributed by atoms with E-state index in [9.17, 15) is 4.39 Å². The predicted octanol–water partition coefficient (Wildman–Crippen LogP) is 3.04. The molecule has 0 amide bonds. The molecular weight excluding hydrogens is 239 g/mol. The molecule has 2 atom stereocenters.